The highest BCUT2D eigenvalue weighted by atomic mass is 35.5. The van der Waals surface area contributed by atoms with E-state index in [0.717, 1.165) is 24.2 Å². The maximum absolute atomic E-state index is 8.63. The van der Waals surface area contributed by atoms with Crippen molar-refractivity contribution < 1.29 is 0 Å². The molecule has 0 aliphatic carbocycles. The van der Waals surface area contributed by atoms with Gasteiger partial charge in [0.15, 0.2) is 0 Å². The second-order valence-corrected chi connectivity index (χ2v) is 3.83. The highest BCUT2D eigenvalue weighted by Crippen LogP contribution is 2.21. The van der Waals surface area contributed by atoms with Gasteiger partial charge in [0.05, 0.1) is 18.3 Å². The average molecular weight is 239 g/mol. The molecule has 0 saturated carbocycles. The Hall–Kier alpha value is -1.18. The molecule has 5 heteroatoms. The van der Waals surface area contributed by atoms with Crippen molar-refractivity contribution >= 4 is 23.5 Å². The molecule has 0 N–H and O–H groups in total. The van der Waals surface area contributed by atoms with Crippen molar-refractivity contribution in [2.75, 3.05) is 26.2 Å². The molecule has 0 bridgehead atoms. The molecule has 0 fully saturated rings. The molecule has 0 saturated heterocycles. The average Bonchev–Trinajstić information content (AvgIpc) is 2.29. The minimum absolute atomic E-state index is 0.412. The number of hydrogen-bond acceptors (Lipinski definition) is 4. The van der Waals surface area contributed by atoms with Gasteiger partial charge in [-0.05, 0) is 20.1 Å². The largest absolute Gasteiger partial charge is 0.284 e. The predicted molar refractivity (Wildman–Crippen MR) is 67.1 cm³/mol. The van der Waals surface area contributed by atoms with Crippen LogP contribution < -0.4 is 0 Å². The fraction of sp³-hybridized carbons (Fsp3) is 0.545. The number of nitrogens with zero attached hydrogens (tertiary/aromatic N) is 4. The Kier molecular flexibility index (Phi) is 5.17. The number of nitriles is 1. The summed E-state index contributed by atoms with van der Waals surface area (Å²) in [6, 6.07) is 2.13. The second kappa shape index (κ2) is 6.41. The molecule has 0 radical (unpaired) electrons. The first-order valence-electron chi connectivity index (χ1n) is 5.21. The zero-order valence-corrected chi connectivity index (χ0v) is 10.2. The van der Waals surface area contributed by atoms with E-state index in [1.165, 1.54) is 0 Å². The van der Waals surface area contributed by atoms with Crippen molar-refractivity contribution in [3.8, 4) is 6.07 Å². The Morgan fingerprint density at radius 3 is 3.00 bits per heavy atom. The van der Waals surface area contributed by atoms with Crippen LogP contribution in [-0.4, -0.2) is 43.0 Å². The molecule has 0 amide bonds. The number of rotatable bonds is 4. The molecule has 0 aromatic carbocycles. The van der Waals surface area contributed by atoms with Gasteiger partial charge in [-0.2, -0.15) is 5.26 Å². The van der Waals surface area contributed by atoms with Gasteiger partial charge in [0.2, 0.25) is 0 Å². The van der Waals surface area contributed by atoms with E-state index in [2.05, 4.69) is 22.8 Å². The Labute approximate surface area is 101 Å². The molecule has 4 nitrogen and oxygen atoms in total. The third kappa shape index (κ3) is 3.16. The van der Waals surface area contributed by atoms with Gasteiger partial charge >= 0.3 is 0 Å². The molecular formula is C11H15ClN4. The third-order valence-corrected chi connectivity index (χ3v) is 2.78. The molecule has 0 aromatic rings. The van der Waals surface area contributed by atoms with Crippen LogP contribution in [0.3, 0.4) is 0 Å². The molecule has 1 aliphatic heterocycles. The number of halogens is 1. The summed E-state index contributed by atoms with van der Waals surface area (Å²) in [5.74, 6) is 0. The summed E-state index contributed by atoms with van der Waals surface area (Å²) in [6.07, 6.45) is 0.776. The quantitative estimate of drug-likeness (QED) is 0.554. The molecule has 0 atom stereocenters. The molecule has 16 heavy (non-hydrogen) atoms. The van der Waals surface area contributed by atoms with Crippen LogP contribution in [0.2, 0.25) is 0 Å². The first-order chi connectivity index (χ1) is 7.72. The number of hydrogen-bond donors (Lipinski definition) is 0. The van der Waals surface area contributed by atoms with E-state index in [9.17, 15) is 0 Å². The van der Waals surface area contributed by atoms with Crippen LogP contribution in [0.15, 0.2) is 21.3 Å². The summed E-state index contributed by atoms with van der Waals surface area (Å²) < 4.78 is 0. The normalized spacial score (nSPS) is 18.4. The summed E-state index contributed by atoms with van der Waals surface area (Å²) in [4.78, 5) is 10.2. The lowest BCUT2D eigenvalue weighted by Gasteiger charge is -2.26. The van der Waals surface area contributed by atoms with Crippen molar-refractivity contribution in [3.05, 3.63) is 11.3 Å². The van der Waals surface area contributed by atoms with Gasteiger partial charge in [-0.25, -0.2) is 0 Å². The van der Waals surface area contributed by atoms with Crippen LogP contribution in [0.4, 0.5) is 0 Å². The highest BCUT2D eigenvalue weighted by molar-refractivity contribution is 6.69. The lowest BCUT2D eigenvalue weighted by molar-refractivity contribution is 0.321. The van der Waals surface area contributed by atoms with Gasteiger partial charge in [0, 0.05) is 25.2 Å². The second-order valence-electron chi connectivity index (χ2n) is 3.47. The lowest BCUT2D eigenvalue weighted by atomic mass is 10.1. The Morgan fingerprint density at radius 2 is 2.44 bits per heavy atom. The van der Waals surface area contributed by atoms with E-state index in [0.29, 0.717) is 24.8 Å². The lowest BCUT2D eigenvalue weighted by Crippen LogP contribution is -2.32. The zero-order valence-electron chi connectivity index (χ0n) is 9.41. The molecule has 0 aromatic heterocycles. The highest BCUT2D eigenvalue weighted by Gasteiger charge is 2.20. The maximum Gasteiger partial charge on any atom is 0.128 e. The number of aliphatic imine (C=N–C) groups is 2. The van der Waals surface area contributed by atoms with Crippen molar-refractivity contribution in [1.29, 1.82) is 5.26 Å². The van der Waals surface area contributed by atoms with Crippen LogP contribution in [-0.2, 0) is 0 Å². The van der Waals surface area contributed by atoms with Crippen molar-refractivity contribution in [2.24, 2.45) is 9.98 Å². The van der Waals surface area contributed by atoms with Crippen molar-refractivity contribution in [3.63, 3.8) is 0 Å². The van der Waals surface area contributed by atoms with Crippen LogP contribution in [0.1, 0.15) is 13.3 Å². The summed E-state index contributed by atoms with van der Waals surface area (Å²) in [5.41, 5.74) is 1.80. The molecule has 0 unspecified atom stereocenters. The molecule has 86 valence electrons. The minimum atomic E-state index is 0.412. The topological polar surface area (TPSA) is 51.8 Å². The van der Waals surface area contributed by atoms with E-state index in [4.69, 9.17) is 16.9 Å². The molecular weight excluding hydrogens is 224 g/mol. The summed E-state index contributed by atoms with van der Waals surface area (Å²) in [5, 5.41) is 9.16. The Bertz CT molecular complexity index is 365. The SMILES string of the molecule is C=NC1=C(C(Cl)=NCC)CCN(CC#N)C1. The standard InChI is InChI=1S/C11H15ClN4/c1-3-15-11(12)9-4-6-16(7-5-13)8-10(9)14-2/h2-4,6-8H2,1H3. The van der Waals surface area contributed by atoms with E-state index < -0.39 is 0 Å². The maximum atomic E-state index is 8.63. The minimum Gasteiger partial charge on any atom is -0.284 e. The van der Waals surface area contributed by atoms with Crippen LogP contribution in [0.25, 0.3) is 0 Å². The molecule has 1 heterocycles. The van der Waals surface area contributed by atoms with Gasteiger partial charge in [-0.15, -0.1) is 0 Å². The summed E-state index contributed by atoms with van der Waals surface area (Å²) in [6.45, 7) is 8.00. The van der Waals surface area contributed by atoms with E-state index in [1.54, 1.807) is 0 Å². The van der Waals surface area contributed by atoms with Gasteiger partial charge in [0.25, 0.3) is 0 Å². The van der Waals surface area contributed by atoms with Gasteiger partial charge < -0.3 is 0 Å². The fourth-order valence-electron chi connectivity index (χ4n) is 1.64. The Morgan fingerprint density at radius 1 is 1.69 bits per heavy atom. The van der Waals surface area contributed by atoms with Crippen molar-refractivity contribution in [2.45, 2.75) is 13.3 Å². The monoisotopic (exact) mass is 238 g/mol. The van der Waals surface area contributed by atoms with Gasteiger partial charge in [-0.3, -0.25) is 14.9 Å². The molecule has 0 spiro atoms. The first-order valence-corrected chi connectivity index (χ1v) is 5.59. The summed E-state index contributed by atoms with van der Waals surface area (Å²) in [7, 11) is 0. The zero-order chi connectivity index (χ0) is 12.0. The van der Waals surface area contributed by atoms with E-state index in [1.807, 2.05) is 11.8 Å². The molecule has 1 rings (SSSR count). The van der Waals surface area contributed by atoms with Crippen molar-refractivity contribution in [1.82, 2.24) is 4.90 Å². The fourth-order valence-corrected chi connectivity index (χ4v) is 1.96. The van der Waals surface area contributed by atoms with Crippen LogP contribution >= 0.6 is 11.6 Å². The van der Waals surface area contributed by atoms with Crippen LogP contribution in [0, 0.1) is 11.3 Å². The van der Waals surface area contributed by atoms with Crippen LogP contribution in [0.5, 0.6) is 0 Å². The smallest absolute Gasteiger partial charge is 0.128 e. The van der Waals surface area contributed by atoms with E-state index >= 15 is 0 Å². The first kappa shape index (κ1) is 12.9. The van der Waals surface area contributed by atoms with Gasteiger partial charge in [-0.1, -0.05) is 11.6 Å². The third-order valence-electron chi connectivity index (χ3n) is 2.43. The van der Waals surface area contributed by atoms with Gasteiger partial charge in [0.1, 0.15) is 5.17 Å². The van der Waals surface area contributed by atoms with E-state index in [-0.39, 0.29) is 0 Å². The molecule has 1 aliphatic rings. The Balaban J connectivity index is 2.87. The predicted octanol–water partition coefficient (Wildman–Crippen LogP) is 1.83. The summed E-state index contributed by atoms with van der Waals surface area (Å²) >= 11 is 6.08.